The molecule has 0 N–H and O–H groups in total. The van der Waals surface area contributed by atoms with Gasteiger partial charge in [-0.3, -0.25) is 4.79 Å². The van der Waals surface area contributed by atoms with E-state index in [9.17, 15) is 4.79 Å². The van der Waals surface area contributed by atoms with Gasteiger partial charge in [-0.05, 0) is 32.0 Å². The molecule has 7 heteroatoms. The van der Waals surface area contributed by atoms with Crippen LogP contribution < -0.4 is 0 Å². The third kappa shape index (κ3) is 3.77. The first-order valence-electron chi connectivity index (χ1n) is 8.19. The molecule has 0 atom stereocenters. The highest BCUT2D eigenvalue weighted by molar-refractivity contribution is 7.72. The van der Waals surface area contributed by atoms with Gasteiger partial charge in [-0.1, -0.05) is 38.9 Å². The predicted molar refractivity (Wildman–Crippen MR) is 97.9 cm³/mol. The van der Waals surface area contributed by atoms with Crippen molar-refractivity contribution < 1.29 is 4.79 Å². The first kappa shape index (κ1) is 18.0. The number of hydrogen-bond acceptors (Lipinski definition) is 4. The molecular formula is C16H24N4OS2. The van der Waals surface area contributed by atoms with Crippen LogP contribution in [0, 0.1) is 9.41 Å². The Morgan fingerprint density at radius 3 is 2.30 bits per heavy atom. The van der Waals surface area contributed by atoms with Crippen LogP contribution in [0.5, 0.6) is 0 Å². The number of carbonyl (C=O) groups excluding carboxylic acids is 1. The minimum atomic E-state index is 0.0846. The van der Waals surface area contributed by atoms with Crippen LogP contribution in [-0.4, -0.2) is 24.5 Å². The summed E-state index contributed by atoms with van der Waals surface area (Å²) in [6, 6.07) is 0. The number of nitrogens with zero attached hydrogens (tertiary/aromatic N) is 4. The van der Waals surface area contributed by atoms with Crippen LogP contribution in [0.2, 0.25) is 0 Å². The van der Waals surface area contributed by atoms with Gasteiger partial charge < -0.3 is 13.7 Å². The predicted octanol–water partition coefficient (Wildman–Crippen LogP) is 4.29. The molecule has 2 aromatic heterocycles. The van der Waals surface area contributed by atoms with Crippen LogP contribution in [0.1, 0.15) is 46.5 Å². The smallest absolute Gasteiger partial charge is 0.182 e. The van der Waals surface area contributed by atoms with Crippen molar-refractivity contribution in [3.63, 3.8) is 0 Å². The molecule has 0 saturated carbocycles. The van der Waals surface area contributed by atoms with Crippen molar-refractivity contribution in [2.24, 2.45) is 0 Å². The van der Waals surface area contributed by atoms with Gasteiger partial charge in [0.05, 0.1) is 12.9 Å². The van der Waals surface area contributed by atoms with Crippen molar-refractivity contribution in [1.29, 1.82) is 0 Å². The van der Waals surface area contributed by atoms with Crippen LogP contribution in [0.15, 0.2) is 6.33 Å². The molecule has 0 bridgehead atoms. The van der Waals surface area contributed by atoms with E-state index in [4.69, 9.17) is 24.4 Å². The van der Waals surface area contributed by atoms with Gasteiger partial charge in [-0.2, -0.15) is 0 Å². The van der Waals surface area contributed by atoms with E-state index in [-0.39, 0.29) is 5.78 Å². The molecule has 23 heavy (non-hydrogen) atoms. The maximum Gasteiger partial charge on any atom is 0.182 e. The number of imidazole rings is 1. The summed E-state index contributed by atoms with van der Waals surface area (Å²) in [4.78, 5) is 16.0. The normalized spacial score (nSPS) is 11.3. The van der Waals surface area contributed by atoms with Gasteiger partial charge in [0.25, 0.3) is 0 Å². The SMILES string of the molecule is CCCCn1c(=S)c2c(ncn2CC(C)=O)n(CCCC)c1=S. The Labute approximate surface area is 147 Å². The Hall–Kier alpha value is -1.34. The van der Waals surface area contributed by atoms with Gasteiger partial charge in [-0.25, -0.2) is 4.98 Å². The fraction of sp³-hybridized carbons (Fsp3) is 0.625. The summed E-state index contributed by atoms with van der Waals surface area (Å²) in [6.45, 7) is 7.80. The number of carbonyl (C=O) groups is 1. The summed E-state index contributed by atoms with van der Waals surface area (Å²) < 4.78 is 7.35. The maximum absolute atomic E-state index is 11.5. The minimum absolute atomic E-state index is 0.0846. The molecule has 0 saturated heterocycles. The Bertz CT molecular complexity index is 816. The monoisotopic (exact) mass is 352 g/mol. The number of Topliss-reactive ketones (excluding diaryl/α,β-unsaturated/α-hetero) is 1. The minimum Gasteiger partial charge on any atom is -0.319 e. The Morgan fingerprint density at radius 2 is 1.74 bits per heavy atom. The highest BCUT2D eigenvalue weighted by atomic mass is 32.1. The fourth-order valence-corrected chi connectivity index (χ4v) is 3.43. The Morgan fingerprint density at radius 1 is 1.13 bits per heavy atom. The number of fused-ring (bicyclic) bond motifs is 1. The molecule has 0 aliphatic carbocycles. The molecule has 2 aromatic rings. The number of unbranched alkanes of at least 4 members (excludes halogenated alkanes) is 2. The zero-order valence-electron chi connectivity index (χ0n) is 14.0. The molecule has 0 aliphatic rings. The van der Waals surface area contributed by atoms with Crippen molar-refractivity contribution in [1.82, 2.24) is 18.7 Å². The van der Waals surface area contributed by atoms with Crippen LogP contribution in [0.3, 0.4) is 0 Å². The van der Waals surface area contributed by atoms with Crippen molar-refractivity contribution >= 4 is 41.4 Å². The Balaban J connectivity index is 2.71. The first-order chi connectivity index (χ1) is 11.0. The maximum atomic E-state index is 11.5. The quantitative estimate of drug-likeness (QED) is 0.665. The molecule has 0 unspecified atom stereocenters. The van der Waals surface area contributed by atoms with E-state index in [0.717, 1.165) is 54.7 Å². The molecule has 5 nitrogen and oxygen atoms in total. The van der Waals surface area contributed by atoms with Crippen molar-refractivity contribution in [3.8, 4) is 0 Å². The van der Waals surface area contributed by atoms with E-state index < -0.39 is 0 Å². The molecule has 0 amide bonds. The van der Waals surface area contributed by atoms with E-state index in [2.05, 4.69) is 23.4 Å². The lowest BCUT2D eigenvalue weighted by atomic mass is 10.3. The number of ketones is 1. The van der Waals surface area contributed by atoms with Gasteiger partial charge in [0.15, 0.2) is 10.4 Å². The lowest BCUT2D eigenvalue weighted by Gasteiger charge is -2.15. The van der Waals surface area contributed by atoms with Gasteiger partial charge in [0, 0.05) is 13.1 Å². The zero-order valence-corrected chi connectivity index (χ0v) is 15.7. The lowest BCUT2D eigenvalue weighted by molar-refractivity contribution is -0.117. The van der Waals surface area contributed by atoms with E-state index >= 15 is 0 Å². The van der Waals surface area contributed by atoms with E-state index in [1.54, 1.807) is 13.3 Å². The summed E-state index contributed by atoms with van der Waals surface area (Å²) in [5.41, 5.74) is 1.64. The van der Waals surface area contributed by atoms with Crippen LogP contribution in [-0.2, 0) is 24.4 Å². The molecule has 0 spiro atoms. The third-order valence-corrected chi connectivity index (χ3v) is 4.70. The van der Waals surface area contributed by atoms with E-state index in [0.29, 0.717) is 11.2 Å². The largest absolute Gasteiger partial charge is 0.319 e. The summed E-state index contributed by atoms with van der Waals surface area (Å²) in [7, 11) is 0. The second-order valence-corrected chi connectivity index (χ2v) is 6.60. The van der Waals surface area contributed by atoms with Crippen molar-refractivity contribution in [2.45, 2.75) is 66.1 Å². The summed E-state index contributed by atoms with van der Waals surface area (Å²) in [5, 5.41) is 0. The molecule has 0 fully saturated rings. The van der Waals surface area contributed by atoms with Crippen LogP contribution in [0.25, 0.3) is 11.2 Å². The van der Waals surface area contributed by atoms with Gasteiger partial charge in [0.2, 0.25) is 0 Å². The number of hydrogen-bond donors (Lipinski definition) is 0. The van der Waals surface area contributed by atoms with Gasteiger partial charge in [-0.15, -0.1) is 0 Å². The number of rotatable bonds is 8. The second kappa shape index (κ2) is 7.97. The average molecular weight is 353 g/mol. The van der Waals surface area contributed by atoms with Gasteiger partial charge in [0.1, 0.15) is 15.9 Å². The van der Waals surface area contributed by atoms with Gasteiger partial charge >= 0.3 is 0 Å². The average Bonchev–Trinajstić information content (AvgIpc) is 2.90. The molecule has 0 aliphatic heterocycles. The first-order valence-corrected chi connectivity index (χ1v) is 9.00. The number of aromatic nitrogens is 4. The molecule has 0 aromatic carbocycles. The zero-order chi connectivity index (χ0) is 17.0. The molecular weight excluding hydrogens is 328 g/mol. The molecule has 0 radical (unpaired) electrons. The fourth-order valence-electron chi connectivity index (χ4n) is 2.63. The summed E-state index contributed by atoms with van der Waals surface area (Å²) in [5.74, 6) is 0.0846. The summed E-state index contributed by atoms with van der Waals surface area (Å²) in [6.07, 6.45) is 5.92. The number of aryl methyl sites for hydroxylation is 1. The van der Waals surface area contributed by atoms with Crippen molar-refractivity contribution in [3.05, 3.63) is 15.7 Å². The second-order valence-electron chi connectivity index (χ2n) is 5.84. The van der Waals surface area contributed by atoms with E-state index in [1.165, 1.54) is 0 Å². The standard InChI is InChI=1S/C16H24N4OS2/c1-4-6-8-19-14-13(18(11-17-14)10-12(3)21)15(22)20(16(19)23)9-7-5-2/h11H,4-10H2,1-3H3. The van der Waals surface area contributed by atoms with Crippen LogP contribution >= 0.6 is 24.4 Å². The molecule has 2 rings (SSSR count). The lowest BCUT2D eigenvalue weighted by Crippen LogP contribution is -2.15. The molecule has 126 valence electrons. The van der Waals surface area contributed by atoms with E-state index in [1.807, 2.05) is 9.13 Å². The highest BCUT2D eigenvalue weighted by Gasteiger charge is 2.14. The summed E-state index contributed by atoms with van der Waals surface area (Å²) >= 11 is 11.3. The topological polar surface area (TPSA) is 44.8 Å². The molecule has 2 heterocycles. The van der Waals surface area contributed by atoms with Crippen LogP contribution in [0.4, 0.5) is 0 Å². The Kier molecular flexibility index (Phi) is 6.24. The van der Waals surface area contributed by atoms with Crippen molar-refractivity contribution in [2.75, 3.05) is 0 Å². The highest BCUT2D eigenvalue weighted by Crippen LogP contribution is 2.18. The third-order valence-electron chi connectivity index (χ3n) is 3.85.